The molecule has 0 radical (unpaired) electrons. The van der Waals surface area contributed by atoms with Gasteiger partial charge in [0.25, 0.3) is 0 Å². The first-order valence-electron chi connectivity index (χ1n) is 20.2. The van der Waals surface area contributed by atoms with Gasteiger partial charge >= 0.3 is 0 Å². The second-order valence-electron chi connectivity index (χ2n) is 15.8. The molecular weight excluding hydrogens is 750 g/mol. The van der Waals surface area contributed by atoms with Gasteiger partial charge in [-0.2, -0.15) is 0 Å². The first kappa shape index (κ1) is 44.7. The van der Waals surface area contributed by atoms with Crippen molar-refractivity contribution in [2.45, 2.75) is 193 Å². The van der Waals surface area contributed by atoms with Crippen LogP contribution in [-0.2, 0) is 42.6 Å². The molecule has 0 spiro atoms. The highest BCUT2D eigenvalue weighted by atomic mass is 16.8. The minimum absolute atomic E-state index is 0.0214. The van der Waals surface area contributed by atoms with E-state index >= 15 is 0 Å². The van der Waals surface area contributed by atoms with Crippen LogP contribution in [0.15, 0.2) is 0 Å². The van der Waals surface area contributed by atoms with Gasteiger partial charge in [-0.15, -0.1) is 0 Å². The monoisotopic (exact) mass is 813 g/mol. The maximum atomic E-state index is 11.5. The number of fused-ring (bicyclic) bond motifs is 4. The van der Waals surface area contributed by atoms with Gasteiger partial charge in [0.15, 0.2) is 24.7 Å². The molecule has 0 aromatic heterocycles. The molecule has 56 heavy (non-hydrogen) atoms. The fourth-order valence-electron chi connectivity index (χ4n) is 8.65. The SMILES string of the molecule is NCCCCCCCCCCCC[C@@]1(O[C@@H]2[C@H]3OC[C@@H]2O[C@@H](O[C@@H]2[C@@H](O)[C@H](O[C@@H]4[C@H]5OC[C@@H]4O[C@@H](O)[C@H]5O)O[C@H](CO)[C@H]2O)[C@H]3O)O[C@H](CO)[C@H](O)[C@H](O)[C@H]1O. The fourth-order valence-corrected chi connectivity index (χ4v) is 8.65. The molecule has 4 bridgehead atoms. The average Bonchev–Trinajstić information content (AvgIpc) is 3.68. The van der Waals surface area contributed by atoms with E-state index in [4.69, 9.17) is 48.4 Å². The Morgan fingerprint density at radius 2 is 1.09 bits per heavy atom. The van der Waals surface area contributed by atoms with Crippen LogP contribution in [0.1, 0.15) is 70.6 Å². The summed E-state index contributed by atoms with van der Waals surface area (Å²) in [6, 6.07) is 0. The van der Waals surface area contributed by atoms with Crippen molar-refractivity contribution >= 4 is 0 Å². The van der Waals surface area contributed by atoms with Gasteiger partial charge in [-0.05, 0) is 19.4 Å². The lowest BCUT2D eigenvalue weighted by molar-refractivity contribution is -0.400. The summed E-state index contributed by atoms with van der Waals surface area (Å²) in [6.07, 6.45) is -16.4. The summed E-state index contributed by atoms with van der Waals surface area (Å²) in [6.45, 7) is -0.810. The highest BCUT2D eigenvalue weighted by Gasteiger charge is 2.61. The minimum atomic E-state index is -1.93. The van der Waals surface area contributed by atoms with E-state index in [9.17, 15) is 51.1 Å². The number of hydrogen-bond donors (Lipinski definition) is 11. The van der Waals surface area contributed by atoms with Gasteiger partial charge in [-0.3, -0.25) is 0 Å². The normalized spacial score (nSPS) is 47.7. The summed E-state index contributed by atoms with van der Waals surface area (Å²) in [4.78, 5) is 0. The van der Waals surface area contributed by atoms with Crippen molar-refractivity contribution in [1.82, 2.24) is 0 Å². The predicted octanol–water partition coefficient (Wildman–Crippen LogP) is -4.04. The van der Waals surface area contributed by atoms with Crippen LogP contribution in [0.5, 0.6) is 0 Å². The van der Waals surface area contributed by atoms with Gasteiger partial charge in [-0.1, -0.05) is 51.4 Å². The number of nitrogens with two attached hydrogens (primary N) is 1. The average molecular weight is 814 g/mol. The van der Waals surface area contributed by atoms with Crippen molar-refractivity contribution in [1.29, 1.82) is 0 Å². The molecule has 0 saturated carbocycles. The van der Waals surface area contributed by atoms with Gasteiger partial charge < -0.3 is 99.4 Å². The molecule has 326 valence electrons. The Hall–Kier alpha value is -0.800. The molecule has 0 aromatic carbocycles. The van der Waals surface area contributed by atoms with Crippen LogP contribution in [0, 0.1) is 0 Å². The van der Waals surface area contributed by atoms with Crippen LogP contribution in [0.25, 0.3) is 0 Å². The van der Waals surface area contributed by atoms with E-state index in [0.29, 0.717) is 13.0 Å². The van der Waals surface area contributed by atoms with E-state index in [1.54, 1.807) is 0 Å². The summed E-state index contributed by atoms with van der Waals surface area (Å²) in [5, 5.41) is 107. The number of hydrogen-bond acceptors (Lipinski definition) is 20. The van der Waals surface area contributed by atoms with Crippen LogP contribution in [0.3, 0.4) is 0 Å². The lowest BCUT2D eigenvalue weighted by atomic mass is 9.88. The Balaban J connectivity index is 1.09. The zero-order valence-corrected chi connectivity index (χ0v) is 31.5. The predicted molar refractivity (Wildman–Crippen MR) is 186 cm³/mol. The summed E-state index contributed by atoms with van der Waals surface area (Å²) < 4.78 is 52.8. The third-order valence-corrected chi connectivity index (χ3v) is 11.9. The topological polar surface area (TPSA) is 311 Å². The van der Waals surface area contributed by atoms with E-state index in [0.717, 1.165) is 57.8 Å². The lowest BCUT2D eigenvalue weighted by Gasteiger charge is -2.51. The molecule has 0 aliphatic carbocycles. The second-order valence-corrected chi connectivity index (χ2v) is 15.8. The summed E-state index contributed by atoms with van der Waals surface area (Å²) >= 11 is 0. The quantitative estimate of drug-likeness (QED) is 0.0522. The van der Waals surface area contributed by atoms with E-state index < -0.39 is 136 Å². The zero-order valence-electron chi connectivity index (χ0n) is 31.5. The Morgan fingerprint density at radius 3 is 1.71 bits per heavy atom. The summed E-state index contributed by atoms with van der Waals surface area (Å²) in [5.74, 6) is -1.93. The minimum Gasteiger partial charge on any atom is -0.394 e. The Labute approximate surface area is 325 Å². The van der Waals surface area contributed by atoms with Crippen LogP contribution < -0.4 is 5.73 Å². The maximum Gasteiger partial charge on any atom is 0.198 e. The summed E-state index contributed by atoms with van der Waals surface area (Å²) in [7, 11) is 0. The molecule has 12 N–H and O–H groups in total. The Morgan fingerprint density at radius 1 is 0.536 bits per heavy atom. The maximum absolute atomic E-state index is 11.5. The molecule has 0 aromatic rings. The van der Waals surface area contributed by atoms with E-state index in [1.807, 2.05) is 0 Å². The molecule has 6 aliphatic rings. The highest BCUT2D eigenvalue weighted by Crippen LogP contribution is 2.43. The first-order chi connectivity index (χ1) is 26.9. The molecule has 6 heterocycles. The molecule has 6 saturated heterocycles. The molecule has 6 rings (SSSR count). The Kier molecular flexibility index (Phi) is 16.1. The van der Waals surface area contributed by atoms with E-state index in [1.165, 1.54) is 0 Å². The number of aliphatic hydroxyl groups excluding tert-OH is 10. The first-order valence-corrected chi connectivity index (χ1v) is 20.2. The molecular formula is C36H63NO19. The molecule has 6 fully saturated rings. The van der Waals surface area contributed by atoms with Crippen molar-refractivity contribution in [3.63, 3.8) is 0 Å². The third kappa shape index (κ3) is 9.55. The van der Waals surface area contributed by atoms with Gasteiger partial charge in [-0.25, -0.2) is 0 Å². The third-order valence-electron chi connectivity index (χ3n) is 11.9. The van der Waals surface area contributed by atoms with Gasteiger partial charge in [0, 0.05) is 6.42 Å². The van der Waals surface area contributed by atoms with Crippen molar-refractivity contribution in [3.8, 4) is 0 Å². The molecule has 20 heteroatoms. The van der Waals surface area contributed by atoms with Crippen molar-refractivity contribution < 1.29 is 93.7 Å². The van der Waals surface area contributed by atoms with Crippen molar-refractivity contribution in [2.24, 2.45) is 5.73 Å². The largest absolute Gasteiger partial charge is 0.394 e. The van der Waals surface area contributed by atoms with Crippen LogP contribution in [-0.4, -0.2) is 206 Å². The van der Waals surface area contributed by atoms with Gasteiger partial charge in [0.05, 0.1) is 26.4 Å². The van der Waals surface area contributed by atoms with Crippen molar-refractivity contribution in [3.05, 3.63) is 0 Å². The van der Waals surface area contributed by atoms with E-state index in [2.05, 4.69) is 0 Å². The lowest BCUT2D eigenvalue weighted by Crippen LogP contribution is -2.69. The molecule has 20 nitrogen and oxygen atoms in total. The fraction of sp³-hybridized carbons (Fsp3) is 1.00. The molecule has 0 amide bonds. The smallest absolute Gasteiger partial charge is 0.198 e. The summed E-state index contributed by atoms with van der Waals surface area (Å²) in [5.41, 5.74) is 5.56. The molecule has 6 aliphatic heterocycles. The number of rotatable bonds is 20. The number of aliphatic hydroxyl groups is 10. The van der Waals surface area contributed by atoms with Crippen LogP contribution >= 0.6 is 0 Å². The van der Waals surface area contributed by atoms with Gasteiger partial charge in [0.2, 0.25) is 0 Å². The van der Waals surface area contributed by atoms with E-state index in [-0.39, 0.29) is 19.6 Å². The zero-order chi connectivity index (χ0) is 40.1. The highest BCUT2D eigenvalue weighted by molar-refractivity contribution is 5.03. The molecule has 0 unspecified atom stereocenters. The number of unbranched alkanes of at least 4 members (excludes halogenated alkanes) is 9. The molecule has 20 atom stereocenters. The number of ether oxygens (including phenoxy) is 9. The second kappa shape index (κ2) is 20.2. The van der Waals surface area contributed by atoms with Crippen LogP contribution in [0.2, 0.25) is 0 Å². The van der Waals surface area contributed by atoms with Crippen molar-refractivity contribution in [2.75, 3.05) is 33.0 Å². The Bertz CT molecular complexity index is 1190. The van der Waals surface area contributed by atoms with Crippen LogP contribution in [0.4, 0.5) is 0 Å². The standard InChI is InChI=1S/C36H63NO19/c37-12-10-8-6-4-2-1-3-5-7-9-11-36(32(46)23(42)21(40)18(14-39)55-36)56-28-20-16-49-31(28)26(45)35(52-20)54-29-22(41)17(13-38)51-34(25(29)44)53-27-19-15-48-30(27)24(43)33(47)50-19/h17-35,38-47H,1-16,37H2/t17-,18-,19+,20+,21+,22-,23+,24+,25-,26+,27+,28+,29+,30+,31+,32-,33-,34+,35+,36+/m1/s1. The van der Waals surface area contributed by atoms with Gasteiger partial charge in [0.1, 0.15) is 97.7 Å².